The minimum Gasteiger partial charge on any atom is -0.383 e. The summed E-state index contributed by atoms with van der Waals surface area (Å²) >= 11 is 5.93. The van der Waals surface area contributed by atoms with E-state index in [-0.39, 0.29) is 0 Å². The fourth-order valence-electron chi connectivity index (χ4n) is 1.77. The fourth-order valence-corrected chi connectivity index (χ4v) is 2.00. The minimum absolute atomic E-state index is 0.295. The summed E-state index contributed by atoms with van der Waals surface area (Å²) < 4.78 is 5.21. The van der Waals surface area contributed by atoms with Crippen molar-refractivity contribution < 1.29 is 4.74 Å². The van der Waals surface area contributed by atoms with Gasteiger partial charge in [0.1, 0.15) is 0 Å². The van der Waals surface area contributed by atoms with Crippen LogP contribution >= 0.6 is 11.6 Å². The van der Waals surface area contributed by atoms with Gasteiger partial charge in [-0.15, -0.1) is 0 Å². The minimum atomic E-state index is 0.295. The smallest absolute Gasteiger partial charge is 0.0664 e. The largest absolute Gasteiger partial charge is 0.383 e. The molecule has 1 atom stereocenters. The average Bonchev–Trinajstić information content (AvgIpc) is 2.29. The number of benzene rings is 1. The third-order valence-electron chi connectivity index (χ3n) is 2.67. The van der Waals surface area contributed by atoms with Crippen LogP contribution in [0.25, 0.3) is 0 Å². The van der Waals surface area contributed by atoms with Crippen LogP contribution < -0.4 is 11.1 Å². The van der Waals surface area contributed by atoms with Crippen molar-refractivity contribution in [2.45, 2.75) is 25.8 Å². The standard InChI is InChI=1S/C13H21ClN2O/c1-10-8-11(14)5-6-13(10)16-12(9-17-2)4-3-7-15/h5-6,8,12,16H,3-4,7,9,15H2,1-2H3. The SMILES string of the molecule is COCC(CCCN)Nc1ccc(Cl)cc1C. The van der Waals surface area contributed by atoms with Crippen LogP contribution in [0, 0.1) is 6.92 Å². The van der Waals surface area contributed by atoms with Gasteiger partial charge in [0.25, 0.3) is 0 Å². The average molecular weight is 257 g/mol. The zero-order valence-corrected chi connectivity index (χ0v) is 11.3. The lowest BCUT2D eigenvalue weighted by atomic mass is 10.1. The number of methoxy groups -OCH3 is 1. The number of anilines is 1. The second kappa shape index (κ2) is 7.54. The Hall–Kier alpha value is -0.770. The highest BCUT2D eigenvalue weighted by molar-refractivity contribution is 6.30. The van der Waals surface area contributed by atoms with Gasteiger partial charge in [-0.2, -0.15) is 0 Å². The van der Waals surface area contributed by atoms with Crippen LogP contribution in [0.3, 0.4) is 0 Å². The lowest BCUT2D eigenvalue weighted by Gasteiger charge is -2.20. The summed E-state index contributed by atoms with van der Waals surface area (Å²) in [5.74, 6) is 0. The molecule has 0 bridgehead atoms. The highest BCUT2D eigenvalue weighted by atomic mass is 35.5. The molecule has 1 unspecified atom stereocenters. The first-order valence-corrected chi connectivity index (χ1v) is 6.27. The Labute approximate surface area is 108 Å². The van der Waals surface area contributed by atoms with Crippen molar-refractivity contribution in [1.82, 2.24) is 0 Å². The first-order chi connectivity index (χ1) is 8.17. The van der Waals surface area contributed by atoms with Crippen LogP contribution in [-0.2, 0) is 4.74 Å². The molecule has 96 valence electrons. The summed E-state index contributed by atoms with van der Waals surface area (Å²) in [4.78, 5) is 0. The van der Waals surface area contributed by atoms with Gasteiger partial charge in [0.05, 0.1) is 6.61 Å². The van der Waals surface area contributed by atoms with Crippen molar-refractivity contribution in [1.29, 1.82) is 0 Å². The second-order valence-electron chi connectivity index (χ2n) is 4.19. The molecule has 0 heterocycles. The number of hydrogen-bond acceptors (Lipinski definition) is 3. The van der Waals surface area contributed by atoms with E-state index in [2.05, 4.69) is 5.32 Å². The monoisotopic (exact) mass is 256 g/mol. The molecule has 0 aliphatic carbocycles. The Morgan fingerprint density at radius 2 is 2.24 bits per heavy atom. The van der Waals surface area contributed by atoms with Gasteiger partial charge in [0.2, 0.25) is 0 Å². The molecule has 1 aromatic rings. The maximum absolute atomic E-state index is 5.93. The molecule has 0 saturated heterocycles. The molecular weight excluding hydrogens is 236 g/mol. The molecule has 1 rings (SSSR count). The number of nitrogens with one attached hydrogen (secondary N) is 1. The van der Waals surface area contributed by atoms with E-state index in [1.54, 1.807) is 7.11 Å². The van der Waals surface area contributed by atoms with Gasteiger partial charge in [0.15, 0.2) is 0 Å². The number of aryl methyl sites for hydroxylation is 1. The van der Waals surface area contributed by atoms with Crippen molar-refractivity contribution >= 4 is 17.3 Å². The number of rotatable bonds is 7. The molecule has 0 aliphatic heterocycles. The maximum atomic E-state index is 5.93. The molecule has 0 saturated carbocycles. The van der Waals surface area contributed by atoms with E-state index in [0.29, 0.717) is 19.2 Å². The van der Waals surface area contributed by atoms with E-state index in [4.69, 9.17) is 22.1 Å². The summed E-state index contributed by atoms with van der Waals surface area (Å²) in [7, 11) is 1.71. The molecule has 0 amide bonds. The van der Waals surface area contributed by atoms with Gasteiger partial charge in [0, 0.05) is 23.9 Å². The molecule has 0 aliphatic rings. The van der Waals surface area contributed by atoms with Crippen LogP contribution in [0.15, 0.2) is 18.2 Å². The van der Waals surface area contributed by atoms with Gasteiger partial charge < -0.3 is 15.8 Å². The van der Waals surface area contributed by atoms with Crippen LogP contribution in [0.2, 0.25) is 5.02 Å². The van der Waals surface area contributed by atoms with Gasteiger partial charge in [-0.1, -0.05) is 11.6 Å². The number of hydrogen-bond donors (Lipinski definition) is 2. The third kappa shape index (κ3) is 4.94. The Kier molecular flexibility index (Phi) is 6.34. The van der Waals surface area contributed by atoms with E-state index >= 15 is 0 Å². The first kappa shape index (κ1) is 14.3. The molecule has 0 fully saturated rings. The van der Waals surface area contributed by atoms with Crippen molar-refractivity contribution in [3.05, 3.63) is 28.8 Å². The molecule has 17 heavy (non-hydrogen) atoms. The Morgan fingerprint density at radius 3 is 2.82 bits per heavy atom. The van der Waals surface area contributed by atoms with Crippen molar-refractivity contribution in [2.75, 3.05) is 25.6 Å². The zero-order chi connectivity index (χ0) is 12.7. The highest BCUT2D eigenvalue weighted by Gasteiger charge is 2.09. The third-order valence-corrected chi connectivity index (χ3v) is 2.91. The number of nitrogens with two attached hydrogens (primary N) is 1. The lowest BCUT2D eigenvalue weighted by molar-refractivity contribution is 0.182. The van der Waals surface area contributed by atoms with E-state index in [1.165, 1.54) is 0 Å². The van der Waals surface area contributed by atoms with Crippen LogP contribution in [-0.4, -0.2) is 26.3 Å². The zero-order valence-electron chi connectivity index (χ0n) is 10.5. The van der Waals surface area contributed by atoms with Crippen LogP contribution in [0.4, 0.5) is 5.69 Å². The fraction of sp³-hybridized carbons (Fsp3) is 0.538. The predicted molar refractivity (Wildman–Crippen MR) is 73.8 cm³/mol. The lowest BCUT2D eigenvalue weighted by Crippen LogP contribution is -2.26. The van der Waals surface area contributed by atoms with Gasteiger partial charge in [-0.05, 0) is 50.1 Å². The summed E-state index contributed by atoms with van der Waals surface area (Å²) in [5.41, 5.74) is 7.78. The van der Waals surface area contributed by atoms with E-state index in [0.717, 1.165) is 29.1 Å². The molecule has 0 aromatic heterocycles. The first-order valence-electron chi connectivity index (χ1n) is 5.89. The van der Waals surface area contributed by atoms with Gasteiger partial charge in [-0.25, -0.2) is 0 Å². The van der Waals surface area contributed by atoms with Crippen molar-refractivity contribution in [3.63, 3.8) is 0 Å². The molecule has 4 heteroatoms. The van der Waals surface area contributed by atoms with Gasteiger partial charge >= 0.3 is 0 Å². The Balaban J connectivity index is 2.64. The summed E-state index contributed by atoms with van der Waals surface area (Å²) in [6, 6.07) is 6.15. The molecule has 0 radical (unpaired) electrons. The van der Waals surface area contributed by atoms with E-state index in [9.17, 15) is 0 Å². The second-order valence-corrected chi connectivity index (χ2v) is 4.62. The normalized spacial score (nSPS) is 12.5. The van der Waals surface area contributed by atoms with E-state index < -0.39 is 0 Å². The van der Waals surface area contributed by atoms with Crippen molar-refractivity contribution in [3.8, 4) is 0 Å². The Bertz CT molecular complexity index is 344. The van der Waals surface area contributed by atoms with Gasteiger partial charge in [-0.3, -0.25) is 0 Å². The summed E-state index contributed by atoms with van der Waals surface area (Å²) in [5, 5.41) is 4.23. The molecule has 0 spiro atoms. The maximum Gasteiger partial charge on any atom is 0.0664 e. The highest BCUT2D eigenvalue weighted by Crippen LogP contribution is 2.21. The van der Waals surface area contributed by atoms with Crippen LogP contribution in [0.1, 0.15) is 18.4 Å². The molecule has 3 nitrogen and oxygen atoms in total. The molecule has 1 aromatic carbocycles. The molecule has 3 N–H and O–H groups in total. The Morgan fingerprint density at radius 1 is 1.47 bits per heavy atom. The van der Waals surface area contributed by atoms with Crippen molar-refractivity contribution in [2.24, 2.45) is 5.73 Å². The number of halogens is 1. The predicted octanol–water partition coefficient (Wildman–Crippen LogP) is 2.81. The molecular formula is C13H21ClN2O. The summed E-state index contributed by atoms with van der Waals surface area (Å²) in [6.07, 6.45) is 2.00. The quantitative estimate of drug-likeness (QED) is 0.789. The summed E-state index contributed by atoms with van der Waals surface area (Å²) in [6.45, 7) is 3.44. The topological polar surface area (TPSA) is 47.3 Å². The van der Waals surface area contributed by atoms with E-state index in [1.807, 2.05) is 25.1 Å². The number of ether oxygens (including phenoxy) is 1. The van der Waals surface area contributed by atoms with Crippen LogP contribution in [0.5, 0.6) is 0 Å².